The molecule has 1 aliphatic carbocycles. The molecule has 23 heavy (non-hydrogen) atoms. The molecular weight excluding hydrogens is 302 g/mol. The monoisotopic (exact) mass is 317 g/mol. The second-order valence-corrected chi connectivity index (χ2v) is 7.02. The van der Waals surface area contributed by atoms with Gasteiger partial charge in [-0.15, -0.1) is 11.3 Å². The average molecular weight is 317 g/mol. The third-order valence-corrected chi connectivity index (χ3v) is 5.62. The maximum absolute atomic E-state index is 9.80. The van der Waals surface area contributed by atoms with Gasteiger partial charge in [0.25, 0.3) is 0 Å². The normalized spacial score (nSPS) is 21.1. The summed E-state index contributed by atoms with van der Waals surface area (Å²) >= 11 is 1.67. The Morgan fingerprint density at radius 1 is 1.13 bits per heavy atom. The fraction of sp³-hybridized carbons (Fsp3) is 0.263. The molecular formula is C19H15N3S. The van der Waals surface area contributed by atoms with Crippen LogP contribution in [0, 0.1) is 28.6 Å². The van der Waals surface area contributed by atoms with E-state index < -0.39 is 0 Å². The van der Waals surface area contributed by atoms with Gasteiger partial charge in [-0.3, -0.25) is 0 Å². The van der Waals surface area contributed by atoms with Crippen molar-refractivity contribution in [3.05, 3.63) is 57.7 Å². The molecule has 1 aliphatic heterocycles. The number of nitrogens with zero attached hydrogens (tertiary/aromatic N) is 2. The summed E-state index contributed by atoms with van der Waals surface area (Å²) in [6.45, 7) is 1.94. The highest BCUT2D eigenvalue weighted by molar-refractivity contribution is 7.17. The van der Waals surface area contributed by atoms with Crippen molar-refractivity contribution in [2.24, 2.45) is 5.92 Å². The van der Waals surface area contributed by atoms with Crippen LogP contribution in [0.25, 0.3) is 10.1 Å². The molecule has 1 aromatic heterocycles. The van der Waals surface area contributed by atoms with E-state index in [9.17, 15) is 10.5 Å². The molecule has 0 saturated heterocycles. The van der Waals surface area contributed by atoms with Crippen LogP contribution in [0.3, 0.4) is 0 Å². The largest absolute Gasteiger partial charge is 0.361 e. The average Bonchev–Trinajstić information content (AvgIpc) is 3.33. The molecule has 4 rings (SSSR count). The lowest BCUT2D eigenvalue weighted by molar-refractivity contribution is 0.752. The first kappa shape index (κ1) is 14.1. The Morgan fingerprint density at radius 2 is 1.87 bits per heavy atom. The number of benzene rings is 1. The molecule has 1 N–H and O–H groups in total. The predicted molar refractivity (Wildman–Crippen MR) is 91.4 cm³/mol. The van der Waals surface area contributed by atoms with Gasteiger partial charge in [-0.2, -0.15) is 10.5 Å². The van der Waals surface area contributed by atoms with E-state index in [4.69, 9.17) is 0 Å². The molecule has 3 nitrogen and oxygen atoms in total. The van der Waals surface area contributed by atoms with Gasteiger partial charge >= 0.3 is 0 Å². The zero-order chi connectivity index (χ0) is 16.0. The molecule has 0 amide bonds. The first-order chi connectivity index (χ1) is 11.2. The predicted octanol–water partition coefficient (Wildman–Crippen LogP) is 4.57. The quantitative estimate of drug-likeness (QED) is 0.882. The van der Waals surface area contributed by atoms with Gasteiger partial charge in [0.1, 0.15) is 0 Å². The first-order valence-electron chi connectivity index (χ1n) is 7.72. The van der Waals surface area contributed by atoms with Crippen molar-refractivity contribution in [1.29, 1.82) is 10.5 Å². The molecule has 0 bridgehead atoms. The van der Waals surface area contributed by atoms with E-state index in [1.807, 2.05) is 19.1 Å². The molecule has 0 radical (unpaired) electrons. The second kappa shape index (κ2) is 5.26. The van der Waals surface area contributed by atoms with Crippen molar-refractivity contribution < 1.29 is 0 Å². The lowest BCUT2D eigenvalue weighted by Crippen LogP contribution is -2.25. The summed E-state index contributed by atoms with van der Waals surface area (Å²) < 4.78 is 1.20. The number of hydrogen-bond donors (Lipinski definition) is 1. The van der Waals surface area contributed by atoms with Gasteiger partial charge < -0.3 is 5.32 Å². The summed E-state index contributed by atoms with van der Waals surface area (Å²) in [7, 11) is 0. The molecule has 1 unspecified atom stereocenters. The zero-order valence-electron chi connectivity index (χ0n) is 12.8. The molecule has 2 aromatic rings. The van der Waals surface area contributed by atoms with Crippen LogP contribution in [0.1, 0.15) is 31.2 Å². The van der Waals surface area contributed by atoms with Crippen LogP contribution in [0.15, 0.2) is 52.2 Å². The minimum Gasteiger partial charge on any atom is -0.361 e. The molecule has 1 saturated carbocycles. The van der Waals surface area contributed by atoms with Crippen LogP contribution >= 0.6 is 11.3 Å². The Labute approximate surface area is 139 Å². The molecule has 2 aliphatic rings. The van der Waals surface area contributed by atoms with Gasteiger partial charge in [-0.25, -0.2) is 0 Å². The van der Waals surface area contributed by atoms with E-state index in [0.29, 0.717) is 11.5 Å². The number of hydrogen-bond acceptors (Lipinski definition) is 4. The van der Waals surface area contributed by atoms with Gasteiger partial charge in [0.2, 0.25) is 0 Å². The highest BCUT2D eigenvalue weighted by Gasteiger charge is 2.37. The van der Waals surface area contributed by atoms with Crippen molar-refractivity contribution >= 4 is 21.4 Å². The summed E-state index contributed by atoms with van der Waals surface area (Å²) in [6, 6.07) is 12.9. The Kier molecular flexibility index (Phi) is 3.22. The van der Waals surface area contributed by atoms with Crippen LogP contribution in [0.4, 0.5) is 0 Å². The number of fused-ring (bicyclic) bond motifs is 1. The summed E-state index contributed by atoms with van der Waals surface area (Å²) in [6.07, 6.45) is 2.25. The van der Waals surface area contributed by atoms with E-state index in [-0.39, 0.29) is 5.92 Å². The molecule has 1 fully saturated rings. The number of dihydropyridines is 1. The lowest BCUT2D eigenvalue weighted by atomic mass is 9.80. The molecule has 4 heteroatoms. The van der Waals surface area contributed by atoms with Crippen molar-refractivity contribution in [2.75, 3.05) is 0 Å². The standard InChI is InChI=1S/C19H15N3S/c1-11-14(8-20)18(15(9-21)19(22-11)12-6-7-12)16-10-23-17-5-3-2-4-13(16)17/h2-5,10,12,18,22H,6-7H2,1H3. The van der Waals surface area contributed by atoms with E-state index in [2.05, 4.69) is 35.0 Å². The number of nitrogens with one attached hydrogen (secondary N) is 1. The van der Waals surface area contributed by atoms with E-state index >= 15 is 0 Å². The number of thiophene rings is 1. The van der Waals surface area contributed by atoms with Gasteiger partial charge in [0.15, 0.2) is 0 Å². The van der Waals surface area contributed by atoms with Gasteiger partial charge in [-0.05, 0) is 42.2 Å². The molecule has 1 aromatic carbocycles. The van der Waals surface area contributed by atoms with Crippen LogP contribution in [-0.2, 0) is 0 Å². The Balaban J connectivity index is 1.97. The smallest absolute Gasteiger partial charge is 0.0976 e. The Bertz CT molecular complexity index is 945. The second-order valence-electron chi connectivity index (χ2n) is 6.11. The minimum atomic E-state index is -0.238. The highest BCUT2D eigenvalue weighted by atomic mass is 32.1. The summed E-state index contributed by atoms with van der Waals surface area (Å²) in [4.78, 5) is 0. The molecule has 2 heterocycles. The van der Waals surface area contributed by atoms with Crippen molar-refractivity contribution in [3.63, 3.8) is 0 Å². The van der Waals surface area contributed by atoms with Crippen LogP contribution in [0.2, 0.25) is 0 Å². The maximum Gasteiger partial charge on any atom is 0.0976 e. The van der Waals surface area contributed by atoms with Crippen LogP contribution in [-0.4, -0.2) is 0 Å². The number of allylic oxidation sites excluding steroid dienone is 4. The van der Waals surface area contributed by atoms with Crippen molar-refractivity contribution in [3.8, 4) is 12.1 Å². The topological polar surface area (TPSA) is 59.6 Å². The SMILES string of the molecule is CC1=C(C#N)C(c2csc3ccccc23)C(C#N)=C(C2CC2)N1. The van der Waals surface area contributed by atoms with Gasteiger partial charge in [0.05, 0.1) is 29.2 Å². The Morgan fingerprint density at radius 3 is 2.57 bits per heavy atom. The van der Waals surface area contributed by atoms with E-state index in [1.165, 1.54) is 4.70 Å². The Hall–Kier alpha value is -2.56. The summed E-state index contributed by atoms with van der Waals surface area (Å²) in [5.74, 6) is 0.213. The zero-order valence-corrected chi connectivity index (χ0v) is 13.6. The number of rotatable bonds is 2. The highest BCUT2D eigenvalue weighted by Crippen LogP contribution is 2.47. The molecule has 1 atom stereocenters. The molecule has 112 valence electrons. The third kappa shape index (κ3) is 2.15. The van der Waals surface area contributed by atoms with E-state index in [1.54, 1.807) is 11.3 Å². The van der Waals surface area contributed by atoms with E-state index in [0.717, 1.165) is 40.8 Å². The minimum absolute atomic E-state index is 0.238. The van der Waals surface area contributed by atoms with Gasteiger partial charge in [-0.1, -0.05) is 18.2 Å². The first-order valence-corrected chi connectivity index (χ1v) is 8.60. The third-order valence-electron chi connectivity index (χ3n) is 4.64. The number of nitriles is 2. The maximum atomic E-state index is 9.80. The fourth-order valence-electron chi connectivity index (χ4n) is 3.35. The molecule has 0 spiro atoms. The summed E-state index contributed by atoms with van der Waals surface area (Å²) in [5, 5.41) is 26.1. The van der Waals surface area contributed by atoms with Crippen molar-refractivity contribution in [2.45, 2.75) is 25.7 Å². The van der Waals surface area contributed by atoms with Gasteiger partial charge in [0, 0.05) is 22.0 Å². The summed E-state index contributed by atoms with van der Waals surface area (Å²) in [5.41, 5.74) is 4.38. The van der Waals surface area contributed by atoms with Crippen LogP contribution < -0.4 is 5.32 Å². The lowest BCUT2D eigenvalue weighted by Gasteiger charge is -2.27. The van der Waals surface area contributed by atoms with Crippen LogP contribution in [0.5, 0.6) is 0 Å². The fourth-order valence-corrected chi connectivity index (χ4v) is 4.34. The van der Waals surface area contributed by atoms with Crippen molar-refractivity contribution in [1.82, 2.24) is 5.32 Å².